The van der Waals surface area contributed by atoms with Crippen LogP contribution in [0.4, 0.5) is 0 Å². The van der Waals surface area contributed by atoms with Crippen molar-refractivity contribution in [3.8, 4) is 0 Å². The van der Waals surface area contributed by atoms with Crippen LogP contribution < -0.4 is 5.32 Å². The zero-order valence-corrected chi connectivity index (χ0v) is 11.5. The molecule has 0 amide bonds. The van der Waals surface area contributed by atoms with E-state index in [4.69, 9.17) is 5.11 Å². The number of rotatable bonds is 5. The third-order valence-corrected chi connectivity index (χ3v) is 4.34. The Bertz CT molecular complexity index is 420. The first-order valence-electron chi connectivity index (χ1n) is 5.51. The van der Waals surface area contributed by atoms with Crippen molar-refractivity contribution in [2.75, 3.05) is 12.8 Å². The molecule has 4 heteroatoms. The molecule has 0 aliphatic rings. The SMILES string of the molecule is CNC(C)(CSc1ccc(C)c(C)c1)C(=O)O. The predicted octanol–water partition coefficient (Wildman–Crippen LogP) is 2.46. The Morgan fingerprint density at radius 1 is 1.41 bits per heavy atom. The maximum Gasteiger partial charge on any atom is 0.324 e. The van der Waals surface area contributed by atoms with Crippen LogP contribution in [0, 0.1) is 13.8 Å². The molecule has 3 nitrogen and oxygen atoms in total. The third-order valence-electron chi connectivity index (χ3n) is 3.03. The molecule has 94 valence electrons. The summed E-state index contributed by atoms with van der Waals surface area (Å²) in [5.74, 6) is -0.322. The number of carbonyl (C=O) groups is 1. The summed E-state index contributed by atoms with van der Waals surface area (Å²) in [6, 6.07) is 6.19. The van der Waals surface area contributed by atoms with E-state index in [-0.39, 0.29) is 0 Å². The van der Waals surface area contributed by atoms with Crippen LogP contribution >= 0.6 is 11.8 Å². The number of aryl methyl sites for hydroxylation is 2. The largest absolute Gasteiger partial charge is 0.480 e. The molecule has 1 atom stereocenters. The molecule has 0 aliphatic heterocycles. The summed E-state index contributed by atoms with van der Waals surface area (Å²) in [5, 5.41) is 12.0. The maximum absolute atomic E-state index is 11.1. The van der Waals surface area contributed by atoms with Crippen LogP contribution in [-0.2, 0) is 4.79 Å². The lowest BCUT2D eigenvalue weighted by Crippen LogP contribution is -2.49. The first-order valence-corrected chi connectivity index (χ1v) is 6.50. The Hall–Kier alpha value is -1.00. The van der Waals surface area contributed by atoms with Gasteiger partial charge in [-0.3, -0.25) is 4.79 Å². The van der Waals surface area contributed by atoms with Crippen molar-refractivity contribution in [1.82, 2.24) is 5.32 Å². The normalized spacial score (nSPS) is 14.4. The number of benzene rings is 1. The molecule has 0 heterocycles. The number of hydrogen-bond acceptors (Lipinski definition) is 3. The van der Waals surface area contributed by atoms with E-state index in [1.54, 1.807) is 25.7 Å². The van der Waals surface area contributed by atoms with E-state index in [1.807, 2.05) is 6.07 Å². The average molecular weight is 253 g/mol. The summed E-state index contributed by atoms with van der Waals surface area (Å²) in [7, 11) is 1.68. The van der Waals surface area contributed by atoms with Crippen molar-refractivity contribution in [2.24, 2.45) is 0 Å². The summed E-state index contributed by atoms with van der Waals surface area (Å²) >= 11 is 1.56. The number of nitrogens with one attached hydrogen (secondary N) is 1. The smallest absolute Gasteiger partial charge is 0.324 e. The number of hydrogen-bond donors (Lipinski definition) is 2. The van der Waals surface area contributed by atoms with Crippen LogP contribution in [0.3, 0.4) is 0 Å². The van der Waals surface area contributed by atoms with E-state index < -0.39 is 11.5 Å². The van der Waals surface area contributed by atoms with Gasteiger partial charge in [-0.1, -0.05) is 6.07 Å². The zero-order valence-electron chi connectivity index (χ0n) is 10.7. The molecular weight excluding hydrogens is 234 g/mol. The first-order chi connectivity index (χ1) is 7.89. The fourth-order valence-corrected chi connectivity index (χ4v) is 2.42. The van der Waals surface area contributed by atoms with Crippen LogP contribution in [0.2, 0.25) is 0 Å². The van der Waals surface area contributed by atoms with Gasteiger partial charge in [0.25, 0.3) is 0 Å². The highest BCUT2D eigenvalue weighted by Gasteiger charge is 2.31. The van der Waals surface area contributed by atoms with Crippen molar-refractivity contribution < 1.29 is 9.90 Å². The minimum atomic E-state index is -0.885. The molecule has 2 N–H and O–H groups in total. The Balaban J connectivity index is 2.73. The number of likely N-dealkylation sites (N-methyl/N-ethyl adjacent to an activating group) is 1. The van der Waals surface area contributed by atoms with Gasteiger partial charge < -0.3 is 10.4 Å². The molecule has 0 radical (unpaired) electrons. The Morgan fingerprint density at radius 2 is 2.06 bits per heavy atom. The molecule has 0 spiro atoms. The Kier molecular flexibility index (Phi) is 4.60. The number of thioether (sulfide) groups is 1. The molecule has 0 aromatic heterocycles. The average Bonchev–Trinajstić information content (AvgIpc) is 2.30. The second kappa shape index (κ2) is 5.56. The molecule has 1 aromatic rings. The van der Waals surface area contributed by atoms with Gasteiger partial charge in [0, 0.05) is 10.6 Å². The van der Waals surface area contributed by atoms with Gasteiger partial charge in [-0.25, -0.2) is 0 Å². The molecular formula is C13H19NO2S. The standard InChI is InChI=1S/C13H19NO2S/c1-9-5-6-11(7-10(9)2)17-8-13(3,14-4)12(15)16/h5-7,14H,8H2,1-4H3,(H,15,16). The van der Waals surface area contributed by atoms with Crippen molar-refractivity contribution in [3.63, 3.8) is 0 Å². The summed E-state index contributed by atoms with van der Waals surface area (Å²) in [4.78, 5) is 12.2. The minimum absolute atomic E-state index is 0.501. The lowest BCUT2D eigenvalue weighted by Gasteiger charge is -2.23. The summed E-state index contributed by atoms with van der Waals surface area (Å²) in [6.45, 7) is 5.83. The van der Waals surface area contributed by atoms with Gasteiger partial charge in [0.05, 0.1) is 0 Å². The van der Waals surface area contributed by atoms with E-state index >= 15 is 0 Å². The van der Waals surface area contributed by atoms with Gasteiger partial charge in [-0.2, -0.15) is 0 Å². The van der Waals surface area contributed by atoms with E-state index in [1.165, 1.54) is 11.1 Å². The Labute approximate surface area is 107 Å². The number of carboxylic acids is 1. The van der Waals surface area contributed by atoms with Gasteiger partial charge in [0.1, 0.15) is 5.54 Å². The lowest BCUT2D eigenvalue weighted by molar-refractivity contribution is -0.142. The second-order valence-corrected chi connectivity index (χ2v) is 5.47. The van der Waals surface area contributed by atoms with Crippen LogP contribution in [0.5, 0.6) is 0 Å². The highest BCUT2D eigenvalue weighted by atomic mass is 32.2. The lowest BCUT2D eigenvalue weighted by atomic mass is 10.1. The highest BCUT2D eigenvalue weighted by Crippen LogP contribution is 2.24. The van der Waals surface area contributed by atoms with Crippen molar-refractivity contribution in [3.05, 3.63) is 29.3 Å². The fraction of sp³-hybridized carbons (Fsp3) is 0.462. The van der Waals surface area contributed by atoms with Crippen molar-refractivity contribution in [2.45, 2.75) is 31.2 Å². The molecule has 0 saturated carbocycles. The summed E-state index contributed by atoms with van der Waals surface area (Å²) < 4.78 is 0. The van der Waals surface area contributed by atoms with E-state index in [0.717, 1.165) is 4.90 Å². The van der Waals surface area contributed by atoms with E-state index in [0.29, 0.717) is 5.75 Å². The van der Waals surface area contributed by atoms with E-state index in [2.05, 4.69) is 31.3 Å². The molecule has 17 heavy (non-hydrogen) atoms. The monoisotopic (exact) mass is 253 g/mol. The van der Waals surface area contributed by atoms with Gasteiger partial charge in [-0.05, 0) is 51.1 Å². The highest BCUT2D eigenvalue weighted by molar-refractivity contribution is 7.99. The Morgan fingerprint density at radius 3 is 2.53 bits per heavy atom. The van der Waals surface area contributed by atoms with Gasteiger partial charge in [-0.15, -0.1) is 11.8 Å². The van der Waals surface area contributed by atoms with Gasteiger partial charge in [0.2, 0.25) is 0 Å². The van der Waals surface area contributed by atoms with E-state index in [9.17, 15) is 4.79 Å². The fourth-order valence-electron chi connectivity index (χ4n) is 1.27. The zero-order chi connectivity index (χ0) is 13.1. The minimum Gasteiger partial charge on any atom is -0.480 e. The number of aliphatic carboxylic acids is 1. The first kappa shape index (κ1) is 14.1. The molecule has 0 saturated heterocycles. The molecule has 0 bridgehead atoms. The molecule has 1 unspecified atom stereocenters. The van der Waals surface area contributed by atoms with Crippen LogP contribution in [0.1, 0.15) is 18.1 Å². The molecule has 0 aliphatic carbocycles. The van der Waals surface area contributed by atoms with Crippen molar-refractivity contribution in [1.29, 1.82) is 0 Å². The third kappa shape index (κ3) is 3.48. The quantitative estimate of drug-likeness (QED) is 0.791. The predicted molar refractivity (Wildman–Crippen MR) is 71.7 cm³/mol. The second-order valence-electron chi connectivity index (χ2n) is 4.42. The van der Waals surface area contributed by atoms with Crippen LogP contribution in [0.25, 0.3) is 0 Å². The summed E-state index contributed by atoms with van der Waals surface area (Å²) in [5.41, 5.74) is 1.60. The molecule has 1 aromatic carbocycles. The maximum atomic E-state index is 11.1. The van der Waals surface area contributed by atoms with Crippen LogP contribution in [-0.4, -0.2) is 29.4 Å². The van der Waals surface area contributed by atoms with Crippen LogP contribution in [0.15, 0.2) is 23.1 Å². The van der Waals surface area contributed by atoms with Gasteiger partial charge in [0.15, 0.2) is 0 Å². The number of carboxylic acid groups (broad SMARTS) is 1. The summed E-state index contributed by atoms with van der Waals surface area (Å²) in [6.07, 6.45) is 0. The van der Waals surface area contributed by atoms with Gasteiger partial charge >= 0.3 is 5.97 Å². The molecule has 0 fully saturated rings. The topological polar surface area (TPSA) is 49.3 Å². The molecule has 1 rings (SSSR count). The van der Waals surface area contributed by atoms with Crippen molar-refractivity contribution >= 4 is 17.7 Å².